The van der Waals surface area contributed by atoms with Crippen molar-refractivity contribution in [3.05, 3.63) is 22.8 Å². The predicted molar refractivity (Wildman–Crippen MR) is 341 cm³/mol. The summed E-state index contributed by atoms with van der Waals surface area (Å²) in [4.78, 5) is 10.7. The zero-order valence-electron chi connectivity index (χ0n) is 52.9. The van der Waals surface area contributed by atoms with E-state index in [9.17, 15) is 0 Å². The molecule has 0 amide bonds. The summed E-state index contributed by atoms with van der Waals surface area (Å²) < 4.78 is 0. The summed E-state index contributed by atoms with van der Waals surface area (Å²) in [7, 11) is 0. The van der Waals surface area contributed by atoms with Gasteiger partial charge >= 0.3 is 0 Å². The second-order valence-electron chi connectivity index (χ2n) is 25.2. The van der Waals surface area contributed by atoms with Gasteiger partial charge < -0.3 is 0 Å². The highest BCUT2D eigenvalue weighted by Crippen LogP contribution is 2.24. The third-order valence-electron chi connectivity index (χ3n) is 17.5. The Morgan fingerprint density at radius 3 is 0.493 bits per heavy atom. The fourth-order valence-electron chi connectivity index (χ4n) is 12.3. The molecule has 0 spiro atoms. The Bertz CT molecular complexity index is 1140. The maximum absolute atomic E-state index is 5.37. The minimum absolute atomic E-state index is 1.04. The van der Waals surface area contributed by atoms with Crippen LogP contribution in [-0.2, 0) is 25.7 Å². The fraction of sp³-hybridized carbons (Fsp3) is 0.945. The molecule has 0 atom stereocenters. The van der Waals surface area contributed by atoms with Crippen molar-refractivity contribution in [2.24, 2.45) is 0 Å². The van der Waals surface area contributed by atoms with Crippen LogP contribution < -0.4 is 0 Å². The van der Waals surface area contributed by atoms with Gasteiger partial charge in [0.15, 0.2) is 0 Å². The van der Waals surface area contributed by atoms with E-state index in [4.69, 9.17) is 9.97 Å². The van der Waals surface area contributed by atoms with Crippen molar-refractivity contribution in [1.82, 2.24) is 9.97 Å². The summed E-state index contributed by atoms with van der Waals surface area (Å²) in [5.74, 6) is 1.15. The van der Waals surface area contributed by atoms with E-state index >= 15 is 0 Å². The maximum atomic E-state index is 5.37. The molecule has 75 heavy (non-hydrogen) atoms. The van der Waals surface area contributed by atoms with Gasteiger partial charge in [-0.15, -0.1) is 0 Å². The van der Waals surface area contributed by atoms with E-state index in [0.29, 0.717) is 0 Å². The van der Waals surface area contributed by atoms with E-state index in [2.05, 4.69) is 27.7 Å². The highest BCUT2D eigenvalue weighted by Gasteiger charge is 2.15. The molecule has 1 aromatic heterocycles. The van der Waals surface area contributed by atoms with Gasteiger partial charge in [-0.25, -0.2) is 9.97 Å². The first-order valence-electron chi connectivity index (χ1n) is 36.1. The number of rotatable bonds is 65. The molecule has 0 N–H and O–H groups in total. The first kappa shape index (κ1) is 72.1. The van der Waals surface area contributed by atoms with E-state index in [-0.39, 0.29) is 0 Å². The van der Waals surface area contributed by atoms with Crippen molar-refractivity contribution in [2.75, 3.05) is 0 Å². The first-order valence-corrected chi connectivity index (χ1v) is 36.1. The van der Waals surface area contributed by atoms with E-state index in [1.165, 1.54) is 416 Å². The maximum Gasteiger partial charge on any atom is 0.128 e. The van der Waals surface area contributed by atoms with Crippen LogP contribution in [-0.4, -0.2) is 9.97 Å². The van der Waals surface area contributed by atoms with Crippen molar-refractivity contribution >= 4 is 0 Å². The normalized spacial score (nSPS) is 11.7. The number of nitrogens with zero attached hydrogens (tertiary/aromatic N) is 2. The molecule has 0 fully saturated rings. The summed E-state index contributed by atoms with van der Waals surface area (Å²) in [6.07, 6.45) is 92.5. The van der Waals surface area contributed by atoms with Crippen LogP contribution in [0.25, 0.3) is 0 Å². The largest absolute Gasteiger partial charge is 0.238 e. The first-order chi connectivity index (χ1) is 37.3. The molecule has 0 radical (unpaired) electrons. The molecule has 2 nitrogen and oxygen atoms in total. The summed E-state index contributed by atoms with van der Waals surface area (Å²) >= 11 is 0. The van der Waals surface area contributed by atoms with Crippen molar-refractivity contribution in [1.29, 1.82) is 0 Å². The lowest BCUT2D eigenvalue weighted by Crippen LogP contribution is -2.11. The Morgan fingerprint density at radius 1 is 0.160 bits per heavy atom. The summed E-state index contributed by atoms with van der Waals surface area (Å²) in [5.41, 5.74) is 4.50. The van der Waals surface area contributed by atoms with Crippen LogP contribution in [0.2, 0.25) is 0 Å². The zero-order valence-corrected chi connectivity index (χ0v) is 52.9. The molecule has 1 aromatic rings. The molecule has 0 bridgehead atoms. The van der Waals surface area contributed by atoms with E-state index < -0.39 is 0 Å². The fourth-order valence-corrected chi connectivity index (χ4v) is 12.3. The van der Waals surface area contributed by atoms with Gasteiger partial charge in [-0.3, -0.25) is 0 Å². The van der Waals surface area contributed by atoms with Gasteiger partial charge in [0, 0.05) is 17.8 Å². The molecular formula is C73H142N2. The third-order valence-corrected chi connectivity index (χ3v) is 17.5. The Labute approximate surface area is 475 Å². The molecule has 0 saturated heterocycles. The average molecular weight is 1050 g/mol. The molecule has 0 unspecified atom stereocenters. The van der Waals surface area contributed by atoms with E-state index in [1.807, 2.05) is 0 Å². The summed E-state index contributed by atoms with van der Waals surface area (Å²) in [6.45, 7) is 9.27. The number of aromatic nitrogens is 2. The third kappa shape index (κ3) is 52.2. The SMILES string of the molecule is CCCCCCCCCCCCCCCCCCCCCCc1nc(CCC)nc(CCCCCCCCCCCCCCCCCCCCCC)c1CCCCCCCCCCCCCCCCCCCCCC. The van der Waals surface area contributed by atoms with Gasteiger partial charge in [-0.05, 0) is 50.5 Å². The smallest absolute Gasteiger partial charge is 0.128 e. The second-order valence-corrected chi connectivity index (χ2v) is 25.2. The lowest BCUT2D eigenvalue weighted by molar-refractivity contribution is 0.520. The Kier molecular flexibility index (Phi) is 59.9. The Morgan fingerprint density at radius 2 is 0.320 bits per heavy atom. The van der Waals surface area contributed by atoms with Gasteiger partial charge in [-0.1, -0.05) is 394 Å². The molecule has 1 rings (SSSR count). The number of hydrogen-bond donors (Lipinski definition) is 0. The van der Waals surface area contributed by atoms with Gasteiger partial charge in [0.2, 0.25) is 0 Å². The molecule has 0 aliphatic heterocycles. The quantitative estimate of drug-likeness (QED) is 0.0608. The lowest BCUT2D eigenvalue weighted by atomic mass is 9.96. The molecular weight excluding hydrogens is 905 g/mol. The highest BCUT2D eigenvalue weighted by molar-refractivity contribution is 5.27. The van der Waals surface area contributed by atoms with Crippen LogP contribution in [0.3, 0.4) is 0 Å². The number of aryl methyl sites for hydroxylation is 3. The Balaban J connectivity index is 2.41. The van der Waals surface area contributed by atoms with Crippen LogP contribution in [0, 0.1) is 0 Å². The van der Waals surface area contributed by atoms with E-state index in [0.717, 1.165) is 18.7 Å². The minimum atomic E-state index is 1.04. The number of hydrogen-bond acceptors (Lipinski definition) is 2. The van der Waals surface area contributed by atoms with Crippen molar-refractivity contribution in [3.8, 4) is 0 Å². The van der Waals surface area contributed by atoms with Crippen molar-refractivity contribution < 1.29 is 0 Å². The van der Waals surface area contributed by atoms with Crippen LogP contribution in [0.4, 0.5) is 0 Å². The number of unbranched alkanes of at least 4 members (excludes halogenated alkanes) is 57. The Hall–Kier alpha value is -0.920. The minimum Gasteiger partial charge on any atom is -0.238 e. The van der Waals surface area contributed by atoms with Gasteiger partial charge in [0.1, 0.15) is 5.82 Å². The van der Waals surface area contributed by atoms with Crippen molar-refractivity contribution in [3.63, 3.8) is 0 Å². The molecule has 0 aliphatic carbocycles. The molecule has 0 aliphatic rings. The van der Waals surface area contributed by atoms with E-state index in [1.54, 1.807) is 5.56 Å². The summed E-state index contributed by atoms with van der Waals surface area (Å²) in [6, 6.07) is 0. The molecule has 2 heteroatoms. The van der Waals surface area contributed by atoms with Crippen LogP contribution in [0.15, 0.2) is 0 Å². The molecule has 444 valence electrons. The monoisotopic (exact) mass is 1050 g/mol. The highest BCUT2D eigenvalue weighted by atomic mass is 14.9. The molecule has 0 aromatic carbocycles. The second kappa shape index (κ2) is 62.3. The van der Waals surface area contributed by atoms with Crippen LogP contribution in [0.1, 0.15) is 442 Å². The van der Waals surface area contributed by atoms with Gasteiger partial charge in [0.25, 0.3) is 0 Å². The van der Waals surface area contributed by atoms with Gasteiger partial charge in [-0.2, -0.15) is 0 Å². The molecule has 0 saturated carbocycles. The predicted octanol–water partition coefficient (Wildman–Crippen LogP) is 26.5. The zero-order chi connectivity index (χ0) is 53.7. The standard InChI is InChI=1S/C73H142N2/c1-5-9-12-15-18-21-24-27-30-33-36-39-42-45-48-51-54-57-60-63-67-70-71(68-64-61-58-55-52-49-46-43-40-37-34-31-28-25-22-19-16-13-10-6-2)74-73(66-8-4)75-72(70)69-65-62-59-56-53-50-47-44-41-38-35-32-29-26-23-20-17-14-11-7-3/h5-69H2,1-4H3. The summed E-state index contributed by atoms with van der Waals surface area (Å²) in [5, 5.41) is 0. The molecule has 1 heterocycles. The van der Waals surface area contributed by atoms with Gasteiger partial charge in [0.05, 0.1) is 0 Å². The van der Waals surface area contributed by atoms with Crippen LogP contribution in [0.5, 0.6) is 0 Å². The lowest BCUT2D eigenvalue weighted by Gasteiger charge is -2.16. The topological polar surface area (TPSA) is 25.8 Å². The van der Waals surface area contributed by atoms with Crippen LogP contribution >= 0.6 is 0 Å². The van der Waals surface area contributed by atoms with Crippen molar-refractivity contribution in [2.45, 2.75) is 445 Å². The average Bonchev–Trinajstić information content (AvgIpc) is 3.41.